The molecule has 0 unspecified atom stereocenters. The van der Waals surface area contributed by atoms with Crippen LogP contribution in [0.3, 0.4) is 0 Å². The third-order valence-corrected chi connectivity index (χ3v) is 4.51. The van der Waals surface area contributed by atoms with E-state index in [0.717, 1.165) is 21.8 Å². The third-order valence-electron chi connectivity index (χ3n) is 3.64. The Balaban J connectivity index is 1.80. The highest BCUT2D eigenvalue weighted by Crippen LogP contribution is 2.28. The van der Waals surface area contributed by atoms with E-state index in [0.29, 0.717) is 6.54 Å². The second-order valence-electron chi connectivity index (χ2n) is 5.59. The van der Waals surface area contributed by atoms with Gasteiger partial charge in [0.05, 0.1) is 10.6 Å². The predicted octanol–water partition coefficient (Wildman–Crippen LogP) is 3.29. The maximum Gasteiger partial charge on any atom is 0.331 e. The summed E-state index contributed by atoms with van der Waals surface area (Å²) in [5.74, 6) is -0.902. The molecule has 1 aromatic carbocycles. The maximum absolute atomic E-state index is 11.9. The van der Waals surface area contributed by atoms with E-state index in [2.05, 4.69) is 10.4 Å². The van der Waals surface area contributed by atoms with E-state index in [9.17, 15) is 9.59 Å². The number of hydrogen-bond acceptors (Lipinski definition) is 5. The molecule has 0 radical (unpaired) electrons. The molecule has 138 valence electrons. The Hall–Kier alpha value is -3.19. The van der Waals surface area contributed by atoms with Gasteiger partial charge in [0.2, 0.25) is 0 Å². The molecule has 0 saturated carbocycles. The highest BCUT2D eigenvalue weighted by molar-refractivity contribution is 7.13. The second kappa shape index (κ2) is 8.95. The zero-order valence-electron chi connectivity index (χ0n) is 14.8. The number of aromatic nitrogens is 2. The van der Waals surface area contributed by atoms with Crippen LogP contribution in [-0.2, 0) is 14.3 Å². The Morgan fingerprint density at radius 3 is 2.74 bits per heavy atom. The minimum absolute atomic E-state index is 0.294. The van der Waals surface area contributed by atoms with Gasteiger partial charge in [0.1, 0.15) is 5.69 Å². The van der Waals surface area contributed by atoms with Gasteiger partial charge in [-0.25, -0.2) is 9.48 Å². The number of esters is 1. The number of thiophene rings is 1. The van der Waals surface area contributed by atoms with Gasteiger partial charge < -0.3 is 10.1 Å². The average Bonchev–Trinajstić information content (AvgIpc) is 3.35. The third kappa shape index (κ3) is 4.92. The molecule has 0 aliphatic heterocycles. The van der Waals surface area contributed by atoms with Crippen LogP contribution in [0.4, 0.5) is 0 Å². The standard InChI is InChI=1S/C20H19N3O3S/c1-2-21-18(24)14-26-19(25)11-10-15-13-23(16-7-4-3-5-8-16)22-20(15)17-9-6-12-27-17/h3-13H,2,14H2,1H3,(H,21,24). The number of para-hydroxylation sites is 1. The van der Waals surface area contributed by atoms with Crippen molar-refractivity contribution in [3.05, 3.63) is 65.7 Å². The smallest absolute Gasteiger partial charge is 0.331 e. The fourth-order valence-electron chi connectivity index (χ4n) is 2.42. The van der Waals surface area contributed by atoms with Crippen molar-refractivity contribution >= 4 is 29.3 Å². The van der Waals surface area contributed by atoms with E-state index in [-0.39, 0.29) is 12.5 Å². The van der Waals surface area contributed by atoms with Gasteiger partial charge in [-0.2, -0.15) is 5.10 Å². The molecule has 3 aromatic rings. The van der Waals surface area contributed by atoms with Crippen LogP contribution in [0, 0.1) is 0 Å². The molecule has 0 atom stereocenters. The van der Waals surface area contributed by atoms with Crippen molar-refractivity contribution in [2.45, 2.75) is 6.92 Å². The zero-order valence-corrected chi connectivity index (χ0v) is 15.6. The lowest BCUT2D eigenvalue weighted by atomic mass is 10.2. The molecule has 3 rings (SSSR count). The van der Waals surface area contributed by atoms with Gasteiger partial charge in [0.15, 0.2) is 6.61 Å². The summed E-state index contributed by atoms with van der Waals surface area (Å²) in [4.78, 5) is 24.3. The largest absolute Gasteiger partial charge is 0.452 e. The Kier molecular flexibility index (Phi) is 6.17. The summed E-state index contributed by atoms with van der Waals surface area (Å²) in [6.45, 7) is 2.00. The fourth-order valence-corrected chi connectivity index (χ4v) is 3.15. The molecular formula is C20H19N3O3S. The molecule has 0 aliphatic rings. The first-order chi connectivity index (χ1) is 13.2. The molecule has 1 amide bonds. The molecule has 2 aromatic heterocycles. The Bertz CT molecular complexity index is 931. The van der Waals surface area contributed by atoms with E-state index >= 15 is 0 Å². The summed E-state index contributed by atoms with van der Waals surface area (Å²) in [6.07, 6.45) is 4.82. The molecule has 0 saturated heterocycles. The number of hydrogen-bond donors (Lipinski definition) is 1. The quantitative estimate of drug-likeness (QED) is 0.503. The Morgan fingerprint density at radius 1 is 1.22 bits per heavy atom. The lowest BCUT2D eigenvalue weighted by Gasteiger charge is -2.01. The van der Waals surface area contributed by atoms with Crippen LogP contribution in [0.1, 0.15) is 12.5 Å². The predicted molar refractivity (Wildman–Crippen MR) is 106 cm³/mol. The summed E-state index contributed by atoms with van der Waals surface area (Å²) >= 11 is 1.57. The number of ether oxygens (including phenoxy) is 1. The van der Waals surface area contributed by atoms with Gasteiger partial charge in [0, 0.05) is 24.4 Å². The normalized spacial score (nSPS) is 10.9. The lowest BCUT2D eigenvalue weighted by Crippen LogP contribution is -2.28. The summed E-state index contributed by atoms with van der Waals surface area (Å²) in [6, 6.07) is 13.7. The number of likely N-dealkylation sites (N-methyl/N-ethyl adjacent to an activating group) is 1. The van der Waals surface area contributed by atoms with Crippen LogP contribution in [0.5, 0.6) is 0 Å². The molecule has 0 bridgehead atoms. The van der Waals surface area contributed by atoms with Crippen LogP contribution >= 0.6 is 11.3 Å². The van der Waals surface area contributed by atoms with Crippen LogP contribution in [0.25, 0.3) is 22.3 Å². The van der Waals surface area contributed by atoms with E-state index in [1.165, 1.54) is 6.08 Å². The Morgan fingerprint density at radius 2 is 2.04 bits per heavy atom. The first-order valence-corrected chi connectivity index (χ1v) is 9.36. The molecule has 6 nitrogen and oxygen atoms in total. The minimum Gasteiger partial charge on any atom is -0.452 e. The van der Waals surface area contributed by atoms with Crippen molar-refractivity contribution in [1.82, 2.24) is 15.1 Å². The van der Waals surface area contributed by atoms with Gasteiger partial charge in [-0.05, 0) is 36.6 Å². The summed E-state index contributed by atoms with van der Waals surface area (Å²) in [5.41, 5.74) is 2.49. The van der Waals surface area contributed by atoms with Crippen molar-refractivity contribution in [2.24, 2.45) is 0 Å². The van der Waals surface area contributed by atoms with Crippen molar-refractivity contribution < 1.29 is 14.3 Å². The fraction of sp³-hybridized carbons (Fsp3) is 0.150. The van der Waals surface area contributed by atoms with Crippen LogP contribution in [-0.4, -0.2) is 34.8 Å². The maximum atomic E-state index is 11.9. The monoisotopic (exact) mass is 381 g/mol. The van der Waals surface area contributed by atoms with Crippen molar-refractivity contribution in [3.8, 4) is 16.3 Å². The van der Waals surface area contributed by atoms with Crippen molar-refractivity contribution in [3.63, 3.8) is 0 Å². The summed E-state index contributed by atoms with van der Waals surface area (Å²) in [5, 5.41) is 9.21. The first kappa shape index (κ1) is 18.6. The van der Waals surface area contributed by atoms with Gasteiger partial charge in [0.25, 0.3) is 5.91 Å². The number of benzene rings is 1. The van der Waals surface area contributed by atoms with E-state index < -0.39 is 5.97 Å². The van der Waals surface area contributed by atoms with E-state index in [1.807, 2.05) is 54.0 Å². The number of carbonyl (C=O) groups is 2. The highest BCUT2D eigenvalue weighted by atomic mass is 32.1. The van der Waals surface area contributed by atoms with Gasteiger partial charge in [-0.1, -0.05) is 24.3 Å². The van der Waals surface area contributed by atoms with Gasteiger partial charge in [-0.15, -0.1) is 11.3 Å². The number of amides is 1. The van der Waals surface area contributed by atoms with Crippen LogP contribution in [0.15, 0.2) is 60.1 Å². The van der Waals surface area contributed by atoms with Crippen LogP contribution < -0.4 is 5.32 Å². The number of carbonyl (C=O) groups excluding carboxylic acids is 2. The molecule has 0 spiro atoms. The zero-order chi connectivity index (χ0) is 19.1. The molecule has 0 aliphatic carbocycles. The molecule has 1 N–H and O–H groups in total. The minimum atomic E-state index is -0.578. The first-order valence-electron chi connectivity index (χ1n) is 8.48. The van der Waals surface area contributed by atoms with Gasteiger partial charge in [-0.3, -0.25) is 4.79 Å². The number of nitrogens with zero attached hydrogens (tertiary/aromatic N) is 2. The molecule has 7 heteroatoms. The van der Waals surface area contributed by atoms with Gasteiger partial charge >= 0.3 is 5.97 Å². The van der Waals surface area contributed by atoms with Crippen LogP contribution in [0.2, 0.25) is 0 Å². The highest BCUT2D eigenvalue weighted by Gasteiger charge is 2.12. The average molecular weight is 381 g/mol. The lowest BCUT2D eigenvalue weighted by molar-refractivity contribution is -0.143. The molecule has 2 heterocycles. The summed E-state index contributed by atoms with van der Waals surface area (Å²) < 4.78 is 6.71. The van der Waals surface area contributed by atoms with E-state index in [4.69, 9.17) is 4.74 Å². The molecule has 27 heavy (non-hydrogen) atoms. The SMILES string of the molecule is CCNC(=O)COC(=O)C=Cc1cn(-c2ccccc2)nc1-c1cccs1. The molecular weight excluding hydrogens is 362 g/mol. The van der Waals surface area contributed by atoms with Crippen molar-refractivity contribution in [2.75, 3.05) is 13.2 Å². The number of rotatable bonds is 7. The van der Waals surface area contributed by atoms with Crippen molar-refractivity contribution in [1.29, 1.82) is 0 Å². The van der Waals surface area contributed by atoms with E-state index in [1.54, 1.807) is 29.0 Å². The topological polar surface area (TPSA) is 73.2 Å². The Labute approximate surface area is 161 Å². The molecule has 0 fully saturated rings. The number of nitrogens with one attached hydrogen (secondary N) is 1. The summed E-state index contributed by atoms with van der Waals surface area (Å²) in [7, 11) is 0. The second-order valence-corrected chi connectivity index (χ2v) is 6.53.